The Labute approximate surface area is 165 Å². The first kappa shape index (κ1) is 18.7. The molecule has 0 aliphatic carbocycles. The van der Waals surface area contributed by atoms with Crippen LogP contribution in [0.1, 0.15) is 28.8 Å². The molecule has 2 fully saturated rings. The first-order valence-electron chi connectivity index (χ1n) is 9.87. The van der Waals surface area contributed by atoms with E-state index in [0.29, 0.717) is 31.9 Å². The Morgan fingerprint density at radius 3 is 2.54 bits per heavy atom. The van der Waals surface area contributed by atoms with Crippen LogP contribution in [0.4, 0.5) is 5.69 Å². The van der Waals surface area contributed by atoms with E-state index >= 15 is 0 Å². The summed E-state index contributed by atoms with van der Waals surface area (Å²) < 4.78 is 5.56. The molecule has 2 saturated heterocycles. The summed E-state index contributed by atoms with van der Waals surface area (Å²) >= 11 is 0. The molecule has 0 radical (unpaired) electrons. The second-order valence-corrected chi connectivity index (χ2v) is 7.94. The van der Waals surface area contributed by atoms with Crippen LogP contribution in [0.5, 0.6) is 0 Å². The highest BCUT2D eigenvalue weighted by Gasteiger charge is 2.51. The maximum atomic E-state index is 13.2. The van der Waals surface area contributed by atoms with Gasteiger partial charge >= 0.3 is 0 Å². The molecule has 2 amide bonds. The van der Waals surface area contributed by atoms with Crippen molar-refractivity contribution in [2.75, 3.05) is 31.6 Å². The first-order valence-corrected chi connectivity index (χ1v) is 9.87. The number of likely N-dealkylation sites (tertiary alicyclic amines) is 1. The molecule has 4 rings (SSSR count). The van der Waals surface area contributed by atoms with E-state index < -0.39 is 0 Å². The number of amides is 2. The molecule has 1 atom stereocenters. The Bertz CT molecular complexity index is 859. The number of carbonyl (C=O) groups is 2. The van der Waals surface area contributed by atoms with Crippen LogP contribution in [0.2, 0.25) is 0 Å². The lowest BCUT2D eigenvalue weighted by molar-refractivity contribution is -0.124. The molecule has 28 heavy (non-hydrogen) atoms. The normalized spacial score (nSPS) is 20.9. The van der Waals surface area contributed by atoms with Gasteiger partial charge in [0.2, 0.25) is 5.91 Å². The van der Waals surface area contributed by atoms with Crippen LogP contribution >= 0.6 is 0 Å². The second-order valence-electron chi connectivity index (χ2n) is 7.94. The topological polar surface area (TPSA) is 58.6 Å². The highest BCUT2D eigenvalue weighted by Crippen LogP contribution is 2.45. The van der Waals surface area contributed by atoms with Gasteiger partial charge in [-0.25, -0.2) is 0 Å². The number of anilines is 1. The number of hydrogen-bond acceptors (Lipinski definition) is 3. The average Bonchev–Trinajstić information content (AvgIpc) is 3.07. The van der Waals surface area contributed by atoms with Gasteiger partial charge in [-0.1, -0.05) is 35.9 Å². The third-order valence-corrected chi connectivity index (χ3v) is 6.05. The summed E-state index contributed by atoms with van der Waals surface area (Å²) in [6.45, 7) is 4.32. The average molecular weight is 378 g/mol. The Kier molecular flexibility index (Phi) is 5.18. The van der Waals surface area contributed by atoms with Crippen molar-refractivity contribution in [3.63, 3.8) is 0 Å². The first-order chi connectivity index (χ1) is 13.6. The molecule has 2 heterocycles. The fourth-order valence-electron chi connectivity index (χ4n) is 4.48. The van der Waals surface area contributed by atoms with Crippen LogP contribution in [-0.2, 0) is 9.53 Å². The number of rotatable bonds is 3. The largest absolute Gasteiger partial charge is 0.381 e. The summed E-state index contributed by atoms with van der Waals surface area (Å²) in [5.41, 5.74) is 2.32. The van der Waals surface area contributed by atoms with Gasteiger partial charge in [0.1, 0.15) is 0 Å². The predicted octanol–water partition coefficient (Wildman–Crippen LogP) is 3.50. The summed E-state index contributed by atoms with van der Waals surface area (Å²) in [5, 5.41) is 3.05. The molecule has 2 aliphatic rings. The molecule has 0 bridgehead atoms. The molecule has 1 spiro atoms. The molecular weight excluding hydrogens is 352 g/mol. The number of carbonyl (C=O) groups excluding carboxylic acids is 2. The summed E-state index contributed by atoms with van der Waals surface area (Å²) in [7, 11) is 0. The minimum absolute atomic E-state index is 0.00424. The van der Waals surface area contributed by atoms with Gasteiger partial charge < -0.3 is 15.0 Å². The zero-order chi connectivity index (χ0) is 19.6. The molecular formula is C23H26N2O3. The monoisotopic (exact) mass is 378 g/mol. The van der Waals surface area contributed by atoms with E-state index in [1.54, 1.807) is 0 Å². The third kappa shape index (κ3) is 3.67. The van der Waals surface area contributed by atoms with Crippen LogP contribution < -0.4 is 5.32 Å². The van der Waals surface area contributed by atoms with Crippen LogP contribution in [0.15, 0.2) is 54.6 Å². The molecule has 2 aromatic carbocycles. The van der Waals surface area contributed by atoms with Crippen LogP contribution in [0, 0.1) is 18.3 Å². The molecule has 2 aromatic rings. The summed E-state index contributed by atoms with van der Waals surface area (Å²) in [6.07, 6.45) is 1.61. The highest BCUT2D eigenvalue weighted by molar-refractivity contribution is 5.97. The Hall–Kier alpha value is -2.66. The van der Waals surface area contributed by atoms with Gasteiger partial charge in [0.05, 0.1) is 5.92 Å². The van der Waals surface area contributed by atoms with Crippen LogP contribution in [0.25, 0.3) is 0 Å². The molecule has 2 aliphatic heterocycles. The van der Waals surface area contributed by atoms with Gasteiger partial charge in [-0.15, -0.1) is 0 Å². The molecule has 1 N–H and O–H groups in total. The van der Waals surface area contributed by atoms with E-state index in [1.165, 1.54) is 0 Å². The zero-order valence-corrected chi connectivity index (χ0v) is 16.2. The SMILES string of the molecule is Cc1cccc(C(=O)N2C[C@@H](C(=O)Nc3ccccc3)C3(CCOCC3)C2)c1. The van der Waals surface area contributed by atoms with E-state index in [-0.39, 0.29) is 23.1 Å². The Balaban J connectivity index is 1.57. The fraction of sp³-hybridized carbons (Fsp3) is 0.391. The van der Waals surface area contributed by atoms with Crippen molar-refractivity contribution in [3.8, 4) is 0 Å². The van der Waals surface area contributed by atoms with E-state index in [2.05, 4.69) is 5.32 Å². The smallest absolute Gasteiger partial charge is 0.253 e. The van der Waals surface area contributed by atoms with Gasteiger partial charge in [-0.2, -0.15) is 0 Å². The quantitative estimate of drug-likeness (QED) is 0.889. The molecule has 0 saturated carbocycles. The summed E-state index contributed by atoms with van der Waals surface area (Å²) in [4.78, 5) is 28.1. The Morgan fingerprint density at radius 1 is 1.07 bits per heavy atom. The lowest BCUT2D eigenvalue weighted by Crippen LogP contribution is -2.42. The number of nitrogens with zero attached hydrogens (tertiary/aromatic N) is 1. The minimum atomic E-state index is -0.231. The maximum absolute atomic E-state index is 13.2. The van der Waals surface area contributed by atoms with Crippen molar-refractivity contribution >= 4 is 17.5 Å². The molecule has 5 heteroatoms. The van der Waals surface area contributed by atoms with Crippen molar-refractivity contribution in [1.29, 1.82) is 0 Å². The number of benzene rings is 2. The highest BCUT2D eigenvalue weighted by atomic mass is 16.5. The van der Waals surface area contributed by atoms with E-state index in [1.807, 2.05) is 66.4 Å². The lowest BCUT2D eigenvalue weighted by Gasteiger charge is -2.37. The van der Waals surface area contributed by atoms with Crippen molar-refractivity contribution in [1.82, 2.24) is 4.90 Å². The van der Waals surface area contributed by atoms with Gasteiger partial charge in [0.25, 0.3) is 5.91 Å². The summed E-state index contributed by atoms with van der Waals surface area (Å²) in [5.74, 6) is -0.234. The maximum Gasteiger partial charge on any atom is 0.253 e. The van der Waals surface area contributed by atoms with Crippen molar-refractivity contribution < 1.29 is 14.3 Å². The summed E-state index contributed by atoms with van der Waals surface area (Å²) in [6, 6.07) is 17.2. The zero-order valence-electron chi connectivity index (χ0n) is 16.2. The molecule has 0 aromatic heterocycles. The molecule has 146 valence electrons. The molecule has 5 nitrogen and oxygen atoms in total. The number of para-hydroxylation sites is 1. The minimum Gasteiger partial charge on any atom is -0.381 e. The lowest BCUT2D eigenvalue weighted by atomic mass is 9.71. The van der Waals surface area contributed by atoms with Gasteiger partial charge in [0.15, 0.2) is 0 Å². The van der Waals surface area contributed by atoms with Crippen LogP contribution in [-0.4, -0.2) is 43.0 Å². The number of ether oxygens (including phenoxy) is 1. The van der Waals surface area contributed by atoms with E-state index in [9.17, 15) is 9.59 Å². The number of hydrogen-bond donors (Lipinski definition) is 1. The molecule has 0 unspecified atom stereocenters. The van der Waals surface area contributed by atoms with Crippen LogP contribution in [0.3, 0.4) is 0 Å². The van der Waals surface area contributed by atoms with E-state index in [4.69, 9.17) is 4.74 Å². The number of aryl methyl sites for hydroxylation is 1. The predicted molar refractivity (Wildman–Crippen MR) is 108 cm³/mol. The van der Waals surface area contributed by atoms with Crippen molar-refractivity contribution in [2.24, 2.45) is 11.3 Å². The van der Waals surface area contributed by atoms with Gasteiger partial charge in [-0.3, -0.25) is 9.59 Å². The van der Waals surface area contributed by atoms with Gasteiger partial charge in [-0.05, 0) is 44.0 Å². The van der Waals surface area contributed by atoms with E-state index in [0.717, 1.165) is 24.1 Å². The van der Waals surface area contributed by atoms with Crippen molar-refractivity contribution in [2.45, 2.75) is 19.8 Å². The standard InChI is InChI=1S/C23H26N2O3/c1-17-6-5-7-18(14-17)22(27)25-15-20(23(16-25)10-12-28-13-11-23)21(26)24-19-8-3-2-4-9-19/h2-9,14,20H,10-13,15-16H2,1H3,(H,24,26)/t20-/m0/s1. The van der Waals surface area contributed by atoms with Gasteiger partial charge in [0, 0.05) is 43.0 Å². The third-order valence-electron chi connectivity index (χ3n) is 6.05. The second kappa shape index (κ2) is 7.76. The van der Waals surface area contributed by atoms with Crippen molar-refractivity contribution in [3.05, 3.63) is 65.7 Å². The number of nitrogens with one attached hydrogen (secondary N) is 1. The Morgan fingerprint density at radius 2 is 1.82 bits per heavy atom. The fourth-order valence-corrected chi connectivity index (χ4v) is 4.48.